The fraction of sp³-hybridized carbons (Fsp3) is 0.450. The first-order valence-electron chi connectivity index (χ1n) is 9.27. The molecule has 2 saturated heterocycles. The lowest BCUT2D eigenvalue weighted by Crippen LogP contribution is -2.34. The zero-order valence-corrected chi connectivity index (χ0v) is 14.9. The van der Waals surface area contributed by atoms with Gasteiger partial charge in [-0.15, -0.1) is 0 Å². The van der Waals surface area contributed by atoms with E-state index in [-0.39, 0.29) is 6.61 Å². The maximum Gasteiger partial charge on any atom is 0.219 e. The Hall–Kier alpha value is -2.37. The Morgan fingerprint density at radius 3 is 2.96 bits per heavy atom. The lowest BCUT2D eigenvalue weighted by atomic mass is 10.0. The highest BCUT2D eigenvalue weighted by Crippen LogP contribution is 2.36. The number of rotatable bonds is 3. The van der Waals surface area contributed by atoms with Gasteiger partial charge in [-0.25, -0.2) is 8.78 Å². The summed E-state index contributed by atoms with van der Waals surface area (Å²) in [6.07, 6.45) is 8.65. The molecule has 0 aromatic heterocycles. The van der Waals surface area contributed by atoms with Crippen LogP contribution < -0.4 is 0 Å². The van der Waals surface area contributed by atoms with Gasteiger partial charge in [0.25, 0.3) is 0 Å². The van der Waals surface area contributed by atoms with Crippen LogP contribution in [-0.2, 0) is 11.3 Å². The van der Waals surface area contributed by atoms with Crippen molar-refractivity contribution in [3.8, 4) is 0 Å². The summed E-state index contributed by atoms with van der Waals surface area (Å²) >= 11 is 0. The van der Waals surface area contributed by atoms with Gasteiger partial charge in [-0.3, -0.25) is 0 Å². The van der Waals surface area contributed by atoms with Crippen molar-refractivity contribution in [3.05, 3.63) is 59.2 Å². The van der Waals surface area contributed by atoms with Gasteiger partial charge in [0, 0.05) is 25.2 Å². The first kappa shape index (κ1) is 17.1. The Morgan fingerprint density at radius 1 is 1.27 bits per heavy atom. The number of hydrogen-bond donors (Lipinski definition) is 0. The highest BCUT2D eigenvalue weighted by molar-refractivity contribution is 5.90. The average Bonchev–Trinajstić information content (AvgIpc) is 3.02. The lowest BCUT2D eigenvalue weighted by molar-refractivity contribution is 0.234. The van der Waals surface area contributed by atoms with Gasteiger partial charge in [0.1, 0.15) is 18.2 Å². The van der Waals surface area contributed by atoms with Gasteiger partial charge in [-0.2, -0.15) is 4.99 Å². The molecular weight excluding hydrogens is 336 g/mol. The van der Waals surface area contributed by atoms with E-state index in [0.717, 1.165) is 43.3 Å². The van der Waals surface area contributed by atoms with Crippen molar-refractivity contribution in [1.29, 1.82) is 0 Å². The minimum atomic E-state index is -0.861. The van der Waals surface area contributed by atoms with Gasteiger partial charge in [0.05, 0.1) is 0 Å². The third kappa shape index (κ3) is 3.20. The summed E-state index contributed by atoms with van der Waals surface area (Å²) in [5, 5.41) is 0. The first-order chi connectivity index (χ1) is 12.7. The summed E-state index contributed by atoms with van der Waals surface area (Å²) in [5.41, 5.74) is 0.579. The molecule has 0 radical (unpaired) electrons. The smallest absolute Gasteiger partial charge is 0.219 e. The van der Waals surface area contributed by atoms with Crippen LogP contribution in [0.25, 0.3) is 0 Å². The fourth-order valence-electron chi connectivity index (χ4n) is 3.84. The molecule has 4 rings (SSSR count). The van der Waals surface area contributed by atoms with Crippen LogP contribution in [0.2, 0.25) is 0 Å². The molecule has 0 bridgehead atoms. The largest absolute Gasteiger partial charge is 0.473 e. The van der Waals surface area contributed by atoms with Gasteiger partial charge >= 0.3 is 0 Å². The van der Waals surface area contributed by atoms with Crippen LogP contribution >= 0.6 is 0 Å². The Balaban J connectivity index is 1.55. The normalized spacial score (nSPS) is 23.5. The Labute approximate surface area is 152 Å². The van der Waals surface area contributed by atoms with Crippen LogP contribution in [0.15, 0.2) is 47.0 Å². The number of halogens is 2. The van der Waals surface area contributed by atoms with E-state index in [0.29, 0.717) is 17.5 Å². The molecule has 4 nitrogen and oxygen atoms in total. The topological polar surface area (TPSA) is 28.1 Å². The predicted molar refractivity (Wildman–Crippen MR) is 96.1 cm³/mol. The fourth-order valence-corrected chi connectivity index (χ4v) is 3.84. The third-order valence-corrected chi connectivity index (χ3v) is 5.10. The van der Waals surface area contributed by atoms with E-state index in [1.807, 2.05) is 6.08 Å². The molecule has 138 valence electrons. The second kappa shape index (κ2) is 7.09. The van der Waals surface area contributed by atoms with Crippen LogP contribution in [0, 0.1) is 11.6 Å². The number of nitrogens with zero attached hydrogens (tertiary/aromatic N) is 3. The second-order valence-electron chi connectivity index (χ2n) is 6.91. The zero-order valence-electron chi connectivity index (χ0n) is 14.9. The molecule has 0 aliphatic carbocycles. The first-order valence-corrected chi connectivity index (χ1v) is 9.27. The van der Waals surface area contributed by atoms with Crippen LogP contribution in [0.3, 0.4) is 0 Å². The molecule has 0 spiro atoms. The van der Waals surface area contributed by atoms with Crippen molar-refractivity contribution in [2.45, 2.75) is 45.3 Å². The van der Waals surface area contributed by atoms with Crippen molar-refractivity contribution in [2.24, 2.45) is 4.99 Å². The van der Waals surface area contributed by atoms with E-state index in [1.54, 1.807) is 0 Å². The molecule has 1 atom stereocenters. The molecule has 0 saturated carbocycles. The highest BCUT2D eigenvalue weighted by atomic mass is 19.2. The molecule has 1 aromatic carbocycles. The average molecular weight is 359 g/mol. The molecule has 0 amide bonds. The number of aliphatic imine (C=N–C) groups is 1. The molecule has 26 heavy (non-hydrogen) atoms. The minimum Gasteiger partial charge on any atom is -0.473 e. The third-order valence-electron chi connectivity index (χ3n) is 5.10. The Bertz CT molecular complexity index is 787. The van der Waals surface area contributed by atoms with Crippen LogP contribution in [-0.4, -0.2) is 34.8 Å². The summed E-state index contributed by atoms with van der Waals surface area (Å²) in [5.74, 6) is 0.868. The van der Waals surface area contributed by atoms with E-state index in [4.69, 9.17) is 4.74 Å². The minimum absolute atomic E-state index is 0.155. The molecule has 3 aliphatic rings. The van der Waals surface area contributed by atoms with E-state index in [1.165, 1.54) is 25.3 Å². The van der Waals surface area contributed by atoms with Crippen molar-refractivity contribution in [3.63, 3.8) is 0 Å². The maximum absolute atomic E-state index is 13.4. The van der Waals surface area contributed by atoms with Gasteiger partial charge < -0.3 is 14.5 Å². The van der Waals surface area contributed by atoms with E-state index >= 15 is 0 Å². The number of benzene rings is 1. The van der Waals surface area contributed by atoms with Gasteiger partial charge in [0.15, 0.2) is 11.6 Å². The molecule has 2 fully saturated rings. The molecule has 0 N–H and O–H groups in total. The Morgan fingerprint density at radius 2 is 2.15 bits per heavy atom. The molecule has 6 heteroatoms. The summed E-state index contributed by atoms with van der Waals surface area (Å²) in [4.78, 5) is 9.35. The van der Waals surface area contributed by atoms with E-state index in [9.17, 15) is 8.78 Å². The standard InChI is InChI=1S/C20H23F2N3O/c1-2-5-18-23-19(26-13-14-7-8-16(21)17(22)10-14)11-20-24-9-4-3-6-15(24)12-25(18)20/h5,7-8,10-11,15H,2-4,6,9,12-13H2,1H3/b18-5-. The number of ether oxygens (including phenoxy) is 1. The molecule has 3 aliphatic heterocycles. The monoisotopic (exact) mass is 359 g/mol. The number of piperidine rings is 1. The summed E-state index contributed by atoms with van der Waals surface area (Å²) in [6, 6.07) is 4.35. The quantitative estimate of drug-likeness (QED) is 0.811. The molecule has 1 aromatic rings. The molecular formula is C20H23F2N3O. The number of allylic oxidation sites excluding steroid dienone is 1. The van der Waals surface area contributed by atoms with Gasteiger partial charge in [-0.05, 0) is 49.5 Å². The summed E-state index contributed by atoms with van der Waals surface area (Å²) in [7, 11) is 0. The van der Waals surface area contributed by atoms with Crippen molar-refractivity contribution >= 4 is 5.90 Å². The molecule has 3 heterocycles. The van der Waals surface area contributed by atoms with Crippen molar-refractivity contribution in [1.82, 2.24) is 9.80 Å². The van der Waals surface area contributed by atoms with Crippen LogP contribution in [0.4, 0.5) is 8.78 Å². The van der Waals surface area contributed by atoms with Crippen molar-refractivity contribution < 1.29 is 13.5 Å². The van der Waals surface area contributed by atoms with Crippen LogP contribution in [0.1, 0.15) is 38.2 Å². The van der Waals surface area contributed by atoms with Gasteiger partial charge in [0.2, 0.25) is 5.90 Å². The highest BCUT2D eigenvalue weighted by Gasteiger charge is 2.38. The van der Waals surface area contributed by atoms with E-state index < -0.39 is 11.6 Å². The number of hydrogen-bond acceptors (Lipinski definition) is 4. The van der Waals surface area contributed by atoms with Gasteiger partial charge in [-0.1, -0.05) is 13.0 Å². The summed E-state index contributed by atoms with van der Waals surface area (Å²) < 4.78 is 32.3. The molecule has 1 unspecified atom stereocenters. The van der Waals surface area contributed by atoms with E-state index in [2.05, 4.69) is 27.8 Å². The predicted octanol–water partition coefficient (Wildman–Crippen LogP) is 4.16. The zero-order chi connectivity index (χ0) is 18.1. The maximum atomic E-state index is 13.4. The number of fused-ring (bicyclic) bond motifs is 3. The van der Waals surface area contributed by atoms with Crippen LogP contribution in [0.5, 0.6) is 0 Å². The lowest BCUT2D eigenvalue weighted by Gasteiger charge is -2.32. The Kier molecular flexibility index (Phi) is 4.66. The van der Waals surface area contributed by atoms with Crippen molar-refractivity contribution in [2.75, 3.05) is 13.1 Å². The second-order valence-corrected chi connectivity index (χ2v) is 6.91. The summed E-state index contributed by atoms with van der Waals surface area (Å²) in [6.45, 7) is 4.27. The SMILES string of the molecule is CC/C=C1/N=C(OCc2ccc(F)c(F)c2)C=C2N1CC1CCCCN21.